The van der Waals surface area contributed by atoms with E-state index in [0.717, 1.165) is 44.7 Å². The largest absolute Gasteiger partial charge is 0.368 e. The van der Waals surface area contributed by atoms with E-state index < -0.39 is 5.60 Å². The van der Waals surface area contributed by atoms with Gasteiger partial charge >= 0.3 is 0 Å². The fourth-order valence-electron chi connectivity index (χ4n) is 3.68. The molecule has 0 spiro atoms. The summed E-state index contributed by atoms with van der Waals surface area (Å²) in [5.74, 6) is 0.990. The van der Waals surface area contributed by atoms with Crippen LogP contribution in [0.2, 0.25) is 0 Å². The molecule has 2 rings (SSSR count). The van der Waals surface area contributed by atoms with E-state index in [1.807, 2.05) is 0 Å². The van der Waals surface area contributed by atoms with Crippen molar-refractivity contribution in [2.45, 2.75) is 69.9 Å². The summed E-state index contributed by atoms with van der Waals surface area (Å²) >= 11 is 0. The summed E-state index contributed by atoms with van der Waals surface area (Å²) in [5, 5.41) is 6.54. The molecule has 0 aromatic heterocycles. The topological polar surface area (TPSA) is 50.4 Å². The summed E-state index contributed by atoms with van der Waals surface area (Å²) in [6.45, 7) is 3.99. The maximum Gasteiger partial charge on any atom is 0.252 e. The van der Waals surface area contributed by atoms with Crippen LogP contribution in [0.5, 0.6) is 0 Å². The van der Waals surface area contributed by atoms with Crippen molar-refractivity contribution < 1.29 is 9.53 Å². The van der Waals surface area contributed by atoms with Crippen LogP contribution in [0.25, 0.3) is 0 Å². The van der Waals surface area contributed by atoms with Crippen LogP contribution in [-0.2, 0) is 9.53 Å². The fraction of sp³-hybridized carbons (Fsp3) is 0.938. The van der Waals surface area contributed by atoms with E-state index >= 15 is 0 Å². The summed E-state index contributed by atoms with van der Waals surface area (Å²) in [5.41, 5.74) is -0.592. The number of ether oxygens (including phenoxy) is 1. The Morgan fingerprint density at radius 3 is 2.45 bits per heavy atom. The summed E-state index contributed by atoms with van der Waals surface area (Å²) < 4.78 is 5.59. The molecule has 20 heavy (non-hydrogen) atoms. The van der Waals surface area contributed by atoms with Gasteiger partial charge in [-0.25, -0.2) is 0 Å². The molecule has 0 aromatic carbocycles. The van der Waals surface area contributed by atoms with Gasteiger partial charge in [0.2, 0.25) is 0 Å². The van der Waals surface area contributed by atoms with Gasteiger partial charge in [0.15, 0.2) is 0 Å². The molecule has 1 amide bonds. The van der Waals surface area contributed by atoms with Gasteiger partial charge < -0.3 is 15.4 Å². The standard InChI is InChI=1S/C16H30N2O2/c1-3-4-13-5-7-14(8-6-13)18-15(19)16(20-2)9-11-17-12-10-16/h13-14,17H,3-12H2,1-2H3,(H,18,19). The van der Waals surface area contributed by atoms with Gasteiger partial charge in [0, 0.05) is 13.2 Å². The normalized spacial score (nSPS) is 29.9. The predicted octanol–water partition coefficient (Wildman–Crippen LogP) is 2.23. The number of hydrogen-bond acceptors (Lipinski definition) is 3. The third-order valence-electron chi connectivity index (χ3n) is 5.09. The molecule has 0 aromatic rings. The van der Waals surface area contributed by atoms with Crippen LogP contribution in [-0.4, -0.2) is 37.7 Å². The van der Waals surface area contributed by atoms with E-state index in [1.165, 1.54) is 25.7 Å². The minimum absolute atomic E-state index is 0.112. The van der Waals surface area contributed by atoms with E-state index in [0.29, 0.717) is 6.04 Å². The van der Waals surface area contributed by atoms with Crippen molar-refractivity contribution in [1.82, 2.24) is 10.6 Å². The monoisotopic (exact) mass is 282 g/mol. The van der Waals surface area contributed by atoms with Crippen molar-refractivity contribution in [1.29, 1.82) is 0 Å². The van der Waals surface area contributed by atoms with Crippen LogP contribution in [0, 0.1) is 5.92 Å². The van der Waals surface area contributed by atoms with Crippen LogP contribution in [0.15, 0.2) is 0 Å². The molecule has 116 valence electrons. The average molecular weight is 282 g/mol. The van der Waals surface area contributed by atoms with Gasteiger partial charge in [-0.05, 0) is 57.5 Å². The maximum atomic E-state index is 12.6. The number of carbonyl (C=O) groups excluding carboxylic acids is 1. The van der Waals surface area contributed by atoms with Crippen LogP contribution in [0.1, 0.15) is 58.3 Å². The number of nitrogens with one attached hydrogen (secondary N) is 2. The summed E-state index contributed by atoms with van der Waals surface area (Å²) in [7, 11) is 1.67. The van der Waals surface area contributed by atoms with Gasteiger partial charge in [-0.2, -0.15) is 0 Å². The molecule has 1 saturated carbocycles. The van der Waals surface area contributed by atoms with E-state index in [1.54, 1.807) is 7.11 Å². The Kier molecular flexibility index (Phi) is 5.85. The maximum absolute atomic E-state index is 12.6. The molecule has 2 aliphatic rings. The molecule has 0 atom stereocenters. The lowest BCUT2D eigenvalue weighted by atomic mass is 9.83. The molecule has 1 aliphatic heterocycles. The van der Waals surface area contributed by atoms with E-state index in [2.05, 4.69) is 17.6 Å². The number of carbonyl (C=O) groups is 1. The number of rotatable bonds is 5. The lowest BCUT2D eigenvalue weighted by Gasteiger charge is -2.37. The molecule has 0 radical (unpaired) electrons. The highest BCUT2D eigenvalue weighted by atomic mass is 16.5. The van der Waals surface area contributed by atoms with Crippen molar-refractivity contribution >= 4 is 5.91 Å². The van der Waals surface area contributed by atoms with Gasteiger partial charge in [0.25, 0.3) is 5.91 Å². The molecule has 1 saturated heterocycles. The zero-order chi connectivity index (χ0) is 14.4. The highest BCUT2D eigenvalue weighted by molar-refractivity contribution is 5.85. The second-order valence-electron chi connectivity index (χ2n) is 6.43. The van der Waals surface area contributed by atoms with Gasteiger partial charge in [-0.1, -0.05) is 19.8 Å². The van der Waals surface area contributed by atoms with Gasteiger partial charge in [-0.15, -0.1) is 0 Å². The minimum atomic E-state index is -0.592. The van der Waals surface area contributed by atoms with E-state index in [-0.39, 0.29) is 5.91 Å². The fourth-order valence-corrected chi connectivity index (χ4v) is 3.68. The molecule has 2 N–H and O–H groups in total. The van der Waals surface area contributed by atoms with Gasteiger partial charge in [0.1, 0.15) is 5.60 Å². The highest BCUT2D eigenvalue weighted by Crippen LogP contribution is 2.29. The predicted molar refractivity (Wildman–Crippen MR) is 80.6 cm³/mol. The lowest BCUT2D eigenvalue weighted by Crippen LogP contribution is -2.56. The van der Waals surface area contributed by atoms with Crippen molar-refractivity contribution in [2.24, 2.45) is 5.92 Å². The molecule has 1 aliphatic carbocycles. The van der Waals surface area contributed by atoms with Crippen molar-refractivity contribution in [2.75, 3.05) is 20.2 Å². The molecule has 0 bridgehead atoms. The second-order valence-corrected chi connectivity index (χ2v) is 6.43. The molecule has 1 heterocycles. The highest BCUT2D eigenvalue weighted by Gasteiger charge is 2.40. The molecule has 4 heteroatoms. The molecular formula is C16H30N2O2. The zero-order valence-electron chi connectivity index (χ0n) is 13.0. The second kappa shape index (κ2) is 7.41. The smallest absolute Gasteiger partial charge is 0.252 e. The van der Waals surface area contributed by atoms with E-state index in [9.17, 15) is 4.79 Å². The minimum Gasteiger partial charge on any atom is -0.368 e. The Balaban J connectivity index is 1.82. The average Bonchev–Trinajstić information content (AvgIpc) is 2.50. The first-order valence-corrected chi connectivity index (χ1v) is 8.27. The Morgan fingerprint density at radius 1 is 1.25 bits per heavy atom. The lowest BCUT2D eigenvalue weighted by molar-refractivity contribution is -0.147. The molecular weight excluding hydrogens is 252 g/mol. The zero-order valence-corrected chi connectivity index (χ0v) is 13.0. The quantitative estimate of drug-likeness (QED) is 0.813. The summed E-state index contributed by atoms with van der Waals surface area (Å²) in [6, 6.07) is 0.359. The summed E-state index contributed by atoms with van der Waals surface area (Å²) in [6.07, 6.45) is 8.97. The van der Waals surface area contributed by atoms with Crippen LogP contribution >= 0.6 is 0 Å². The SMILES string of the molecule is CCCC1CCC(NC(=O)C2(OC)CCNCC2)CC1. The Labute approximate surface area is 123 Å². The third-order valence-corrected chi connectivity index (χ3v) is 5.09. The van der Waals surface area contributed by atoms with Crippen molar-refractivity contribution in [3.63, 3.8) is 0 Å². The van der Waals surface area contributed by atoms with Crippen LogP contribution in [0.3, 0.4) is 0 Å². The first-order chi connectivity index (χ1) is 9.70. The van der Waals surface area contributed by atoms with Crippen molar-refractivity contribution in [3.8, 4) is 0 Å². The Bertz CT molecular complexity index is 306. The molecule has 2 fully saturated rings. The number of hydrogen-bond donors (Lipinski definition) is 2. The Hall–Kier alpha value is -0.610. The number of amides is 1. The third kappa shape index (κ3) is 3.73. The van der Waals surface area contributed by atoms with Gasteiger partial charge in [-0.3, -0.25) is 4.79 Å². The number of piperidine rings is 1. The first kappa shape index (κ1) is 15.8. The first-order valence-electron chi connectivity index (χ1n) is 8.27. The van der Waals surface area contributed by atoms with E-state index in [4.69, 9.17) is 4.74 Å². The van der Waals surface area contributed by atoms with Crippen molar-refractivity contribution in [3.05, 3.63) is 0 Å². The van der Waals surface area contributed by atoms with Crippen LogP contribution < -0.4 is 10.6 Å². The summed E-state index contributed by atoms with van der Waals surface area (Å²) in [4.78, 5) is 12.6. The number of methoxy groups -OCH3 is 1. The van der Waals surface area contributed by atoms with Crippen LogP contribution in [0.4, 0.5) is 0 Å². The molecule has 0 unspecified atom stereocenters. The molecule has 4 nitrogen and oxygen atoms in total. The van der Waals surface area contributed by atoms with Gasteiger partial charge in [0.05, 0.1) is 0 Å². The Morgan fingerprint density at radius 2 is 1.90 bits per heavy atom.